The zero-order valence-corrected chi connectivity index (χ0v) is 20.5. The second-order valence-electron chi connectivity index (χ2n) is 8.18. The van der Waals surface area contributed by atoms with Crippen molar-refractivity contribution in [3.63, 3.8) is 0 Å². The van der Waals surface area contributed by atoms with Crippen LogP contribution in [0.15, 0.2) is 24.3 Å². The van der Waals surface area contributed by atoms with Gasteiger partial charge in [-0.25, -0.2) is 9.59 Å². The Balaban J connectivity index is 2.52. The van der Waals surface area contributed by atoms with Gasteiger partial charge < -0.3 is 29.0 Å². The van der Waals surface area contributed by atoms with Gasteiger partial charge in [0.15, 0.2) is 12.7 Å². The molecule has 1 unspecified atom stereocenters. The molecule has 0 aliphatic carbocycles. The average Bonchev–Trinajstić information content (AvgIpc) is 2.78. The van der Waals surface area contributed by atoms with E-state index >= 15 is 0 Å². The first-order chi connectivity index (χ1) is 16.5. The lowest BCUT2D eigenvalue weighted by molar-refractivity contribution is -0.162. The molecule has 0 radical (unpaired) electrons. The smallest absolute Gasteiger partial charge is 0.422 e. The maximum absolute atomic E-state index is 12.4. The lowest BCUT2D eigenvalue weighted by Gasteiger charge is -2.22. The number of carboxylic acids is 1. The zero-order valence-electron chi connectivity index (χ0n) is 20.5. The summed E-state index contributed by atoms with van der Waals surface area (Å²) in [4.78, 5) is 24.6. The molecule has 0 heterocycles. The number of carbonyl (C=O) groups is 2. The predicted molar refractivity (Wildman–Crippen MR) is 123 cm³/mol. The third-order valence-electron chi connectivity index (χ3n) is 4.66. The highest BCUT2D eigenvalue weighted by Crippen LogP contribution is 2.17. The van der Waals surface area contributed by atoms with Crippen molar-refractivity contribution in [3.05, 3.63) is 29.8 Å². The van der Waals surface area contributed by atoms with E-state index in [0.29, 0.717) is 18.8 Å². The molecule has 11 heteroatoms. The number of nitrogens with zero attached hydrogens (tertiary/aromatic N) is 1. The number of aliphatic carboxylic acids is 1. The highest BCUT2D eigenvalue weighted by Gasteiger charge is 2.30. The van der Waals surface area contributed by atoms with E-state index in [-0.39, 0.29) is 38.8 Å². The fourth-order valence-electron chi connectivity index (χ4n) is 2.96. The van der Waals surface area contributed by atoms with Gasteiger partial charge in [-0.05, 0) is 44.4 Å². The molecule has 0 aromatic heterocycles. The number of carbonyl (C=O) groups excluding carboxylic acids is 1. The summed E-state index contributed by atoms with van der Waals surface area (Å²) in [5.74, 6) is -0.493. The van der Waals surface area contributed by atoms with Crippen LogP contribution in [0, 0.1) is 0 Å². The molecule has 1 atom stereocenters. The molecule has 0 saturated carbocycles. The maximum atomic E-state index is 12.4. The molecule has 0 aliphatic heterocycles. The van der Waals surface area contributed by atoms with Crippen LogP contribution >= 0.6 is 0 Å². The molecular weight excluding hydrogens is 471 g/mol. The monoisotopic (exact) mass is 507 g/mol. The van der Waals surface area contributed by atoms with E-state index in [2.05, 4.69) is 4.74 Å². The number of unbranched alkanes of at least 4 members (excludes halogenated alkanes) is 1. The molecule has 0 aliphatic rings. The van der Waals surface area contributed by atoms with Gasteiger partial charge in [-0.1, -0.05) is 25.5 Å². The molecule has 8 nitrogen and oxygen atoms in total. The van der Waals surface area contributed by atoms with E-state index < -0.39 is 30.9 Å². The van der Waals surface area contributed by atoms with Gasteiger partial charge in [-0.15, -0.1) is 0 Å². The van der Waals surface area contributed by atoms with E-state index in [1.54, 1.807) is 38.1 Å². The van der Waals surface area contributed by atoms with Crippen LogP contribution in [-0.2, 0) is 25.4 Å². The van der Waals surface area contributed by atoms with E-state index in [4.69, 9.17) is 14.2 Å². The standard InChI is InChI=1S/C24H36F3NO7/c1-4-5-13-32-15-12-28(23(31)34-17-24(25,26)27)11-6-14-33-20-9-7-19(8-10-20)16-21(22(29)30)35-18(2)3/h7-10,18,21H,4-6,11-17H2,1-3H3,(H,29,30). The van der Waals surface area contributed by atoms with Gasteiger partial charge in [0.05, 0.1) is 19.3 Å². The lowest BCUT2D eigenvalue weighted by Crippen LogP contribution is -2.37. The van der Waals surface area contributed by atoms with Crippen LogP contribution in [0.3, 0.4) is 0 Å². The van der Waals surface area contributed by atoms with Gasteiger partial charge in [0, 0.05) is 26.1 Å². The van der Waals surface area contributed by atoms with Gasteiger partial charge >= 0.3 is 18.2 Å². The number of benzene rings is 1. The largest absolute Gasteiger partial charge is 0.494 e. The maximum Gasteiger partial charge on any atom is 0.422 e. The van der Waals surface area contributed by atoms with Crippen LogP contribution < -0.4 is 4.74 Å². The Morgan fingerprint density at radius 3 is 2.29 bits per heavy atom. The number of amides is 1. The second kappa shape index (κ2) is 16.2. The minimum Gasteiger partial charge on any atom is -0.494 e. The van der Waals surface area contributed by atoms with Crippen LogP contribution in [0.4, 0.5) is 18.0 Å². The molecule has 35 heavy (non-hydrogen) atoms. The molecule has 0 bridgehead atoms. The van der Waals surface area contributed by atoms with E-state index in [0.717, 1.165) is 18.4 Å². The van der Waals surface area contributed by atoms with Gasteiger partial charge in [-0.3, -0.25) is 0 Å². The molecule has 1 rings (SSSR count). The Kier molecular flexibility index (Phi) is 14.1. The van der Waals surface area contributed by atoms with Crippen LogP contribution in [-0.4, -0.2) is 80.0 Å². The minimum atomic E-state index is -4.60. The average molecular weight is 508 g/mol. The number of hydrogen-bond donors (Lipinski definition) is 1. The number of halogens is 3. The molecule has 1 aromatic carbocycles. The fourth-order valence-corrected chi connectivity index (χ4v) is 2.96. The van der Waals surface area contributed by atoms with Gasteiger partial charge in [0.2, 0.25) is 0 Å². The number of rotatable bonds is 17. The quantitative estimate of drug-likeness (QED) is 0.306. The Labute approximate surface area is 204 Å². The Hall–Kier alpha value is -2.53. The molecule has 0 saturated heterocycles. The first-order valence-corrected chi connectivity index (χ1v) is 11.7. The SMILES string of the molecule is CCCCOCCN(CCCOc1ccc(CC(OC(C)C)C(=O)O)cc1)C(=O)OCC(F)(F)F. The molecule has 1 amide bonds. The molecule has 1 aromatic rings. The van der Waals surface area contributed by atoms with Crippen molar-refractivity contribution >= 4 is 12.1 Å². The van der Waals surface area contributed by atoms with Gasteiger partial charge in [0.1, 0.15) is 5.75 Å². The Morgan fingerprint density at radius 1 is 1.03 bits per heavy atom. The molecule has 200 valence electrons. The molecule has 1 N–H and O–H groups in total. The van der Waals surface area contributed by atoms with Crippen molar-refractivity contribution < 1.29 is 46.8 Å². The van der Waals surface area contributed by atoms with Gasteiger partial charge in [0.25, 0.3) is 0 Å². The topological polar surface area (TPSA) is 94.5 Å². The number of hydrogen-bond acceptors (Lipinski definition) is 6. The fraction of sp³-hybridized carbons (Fsp3) is 0.667. The Morgan fingerprint density at radius 2 is 1.71 bits per heavy atom. The molecule has 0 spiro atoms. The van der Waals surface area contributed by atoms with E-state index in [9.17, 15) is 27.9 Å². The van der Waals surface area contributed by atoms with E-state index in [1.165, 1.54) is 4.90 Å². The summed E-state index contributed by atoms with van der Waals surface area (Å²) in [6.45, 7) is 5.06. The van der Waals surface area contributed by atoms with Crippen LogP contribution in [0.5, 0.6) is 5.75 Å². The minimum absolute atomic E-state index is 0.109. The zero-order chi connectivity index (χ0) is 26.3. The summed E-state index contributed by atoms with van der Waals surface area (Å²) in [6.07, 6.45) is -4.44. The summed E-state index contributed by atoms with van der Waals surface area (Å²) in [6, 6.07) is 6.87. The summed E-state index contributed by atoms with van der Waals surface area (Å²) < 4.78 is 58.0. The van der Waals surface area contributed by atoms with E-state index in [1.807, 2.05) is 6.92 Å². The summed E-state index contributed by atoms with van der Waals surface area (Å²) in [5.41, 5.74) is 0.770. The van der Waals surface area contributed by atoms with Crippen molar-refractivity contribution in [1.29, 1.82) is 0 Å². The van der Waals surface area contributed by atoms with Crippen molar-refractivity contribution in [2.24, 2.45) is 0 Å². The predicted octanol–water partition coefficient (Wildman–Crippen LogP) is 4.69. The number of carboxylic acid groups (broad SMARTS) is 1. The van der Waals surface area contributed by atoms with Crippen molar-refractivity contribution in [3.8, 4) is 5.75 Å². The lowest BCUT2D eigenvalue weighted by atomic mass is 10.1. The first-order valence-electron chi connectivity index (χ1n) is 11.7. The van der Waals surface area contributed by atoms with Gasteiger partial charge in [-0.2, -0.15) is 13.2 Å². The van der Waals surface area contributed by atoms with Crippen molar-refractivity contribution in [2.45, 2.75) is 64.8 Å². The van der Waals surface area contributed by atoms with Crippen LogP contribution in [0.25, 0.3) is 0 Å². The highest BCUT2D eigenvalue weighted by molar-refractivity contribution is 5.72. The van der Waals surface area contributed by atoms with Crippen LogP contribution in [0.2, 0.25) is 0 Å². The highest BCUT2D eigenvalue weighted by atomic mass is 19.4. The van der Waals surface area contributed by atoms with Crippen molar-refractivity contribution in [2.75, 3.05) is 39.5 Å². The summed E-state index contributed by atoms with van der Waals surface area (Å²) >= 11 is 0. The third-order valence-corrected chi connectivity index (χ3v) is 4.66. The summed E-state index contributed by atoms with van der Waals surface area (Å²) in [5, 5.41) is 9.28. The third kappa shape index (κ3) is 14.5. The van der Waals surface area contributed by atoms with Crippen LogP contribution in [0.1, 0.15) is 45.6 Å². The number of alkyl halides is 3. The molecular formula is C24H36F3NO7. The number of ether oxygens (including phenoxy) is 4. The molecule has 0 fully saturated rings. The summed E-state index contributed by atoms with van der Waals surface area (Å²) in [7, 11) is 0. The van der Waals surface area contributed by atoms with Crippen molar-refractivity contribution in [1.82, 2.24) is 4.90 Å². The first kappa shape index (κ1) is 30.5. The second-order valence-corrected chi connectivity index (χ2v) is 8.18. The normalized spacial score (nSPS) is 12.4. The Bertz CT molecular complexity index is 742.